The lowest BCUT2D eigenvalue weighted by molar-refractivity contribution is 0.113. The maximum absolute atomic E-state index is 13.2. The van der Waals surface area contributed by atoms with Crippen LogP contribution in [0.4, 0.5) is 0 Å². The van der Waals surface area contributed by atoms with Gasteiger partial charge in [-0.15, -0.1) is 0 Å². The fourth-order valence-corrected chi connectivity index (χ4v) is 5.57. The summed E-state index contributed by atoms with van der Waals surface area (Å²) in [6, 6.07) is 15.5. The number of aromatic hydroxyl groups is 1. The van der Waals surface area contributed by atoms with Crippen molar-refractivity contribution in [2.45, 2.75) is 25.4 Å². The van der Waals surface area contributed by atoms with E-state index in [2.05, 4.69) is 4.90 Å². The second kappa shape index (κ2) is 8.87. The number of benzene rings is 2. The molecule has 0 aliphatic carbocycles. The Labute approximate surface area is 206 Å². The standard InChI is InChI=1S/C28H26N2O6/c1-34-19-5-7-20(8-6-19)36-25-16-35-28-21(27(25)33)9-10-24(31)22(28)15-29-12-17-11-18(14-29)23-3-2-4-26(32)30(23)13-17/h2-10,16-18,31H,11-15H2,1H3/t17-,18+/m1/s1. The molecule has 0 spiro atoms. The van der Waals surface area contributed by atoms with Crippen LogP contribution in [-0.2, 0) is 13.1 Å². The van der Waals surface area contributed by atoms with Crippen molar-refractivity contribution >= 4 is 11.0 Å². The Morgan fingerprint density at radius 1 is 1.00 bits per heavy atom. The van der Waals surface area contributed by atoms with Crippen molar-refractivity contribution in [3.05, 3.63) is 92.7 Å². The predicted molar refractivity (Wildman–Crippen MR) is 134 cm³/mol. The summed E-state index contributed by atoms with van der Waals surface area (Å²) in [5.74, 6) is 1.93. The van der Waals surface area contributed by atoms with Gasteiger partial charge < -0.3 is 23.6 Å². The van der Waals surface area contributed by atoms with Crippen molar-refractivity contribution in [2.24, 2.45) is 5.92 Å². The zero-order valence-corrected chi connectivity index (χ0v) is 19.8. The number of ether oxygens (including phenoxy) is 2. The van der Waals surface area contributed by atoms with Gasteiger partial charge in [0.2, 0.25) is 11.2 Å². The van der Waals surface area contributed by atoms with Crippen molar-refractivity contribution in [3.63, 3.8) is 0 Å². The van der Waals surface area contributed by atoms with Gasteiger partial charge in [-0.1, -0.05) is 6.07 Å². The average molecular weight is 487 g/mol. The van der Waals surface area contributed by atoms with Crippen molar-refractivity contribution in [2.75, 3.05) is 20.2 Å². The van der Waals surface area contributed by atoms with Gasteiger partial charge in [0.25, 0.3) is 5.56 Å². The number of likely N-dealkylation sites (tertiary alicyclic amines) is 1. The summed E-state index contributed by atoms with van der Waals surface area (Å²) in [7, 11) is 1.58. The van der Waals surface area contributed by atoms with Gasteiger partial charge in [-0.05, 0) is 54.8 Å². The van der Waals surface area contributed by atoms with E-state index in [4.69, 9.17) is 13.9 Å². The third-order valence-corrected chi connectivity index (χ3v) is 7.21. The molecule has 0 amide bonds. The third-order valence-electron chi connectivity index (χ3n) is 7.21. The van der Waals surface area contributed by atoms with E-state index in [0.29, 0.717) is 47.0 Å². The molecule has 4 heterocycles. The molecule has 4 aromatic rings. The minimum absolute atomic E-state index is 0.0526. The van der Waals surface area contributed by atoms with Crippen LogP contribution >= 0.6 is 0 Å². The molecule has 8 heteroatoms. The number of nitrogens with zero attached hydrogens (tertiary/aromatic N) is 2. The monoisotopic (exact) mass is 486 g/mol. The molecule has 8 nitrogen and oxygen atoms in total. The summed E-state index contributed by atoms with van der Waals surface area (Å²) < 4.78 is 18.7. The SMILES string of the molecule is COc1ccc(Oc2coc3c(CN4C[C@H]5C[C@@H](C4)c4cccc(=O)n4C5)c(O)ccc3c2=O)cc1. The highest BCUT2D eigenvalue weighted by Gasteiger charge is 2.35. The van der Waals surface area contributed by atoms with E-state index in [1.165, 1.54) is 12.3 Å². The van der Waals surface area contributed by atoms with Gasteiger partial charge in [0, 0.05) is 43.9 Å². The molecule has 2 aliphatic heterocycles. The molecular formula is C28H26N2O6. The molecule has 2 aromatic carbocycles. The minimum Gasteiger partial charge on any atom is -0.507 e. The van der Waals surface area contributed by atoms with Crippen molar-refractivity contribution in [1.82, 2.24) is 9.47 Å². The molecular weight excluding hydrogens is 460 g/mol. The van der Waals surface area contributed by atoms with Gasteiger partial charge >= 0.3 is 0 Å². The summed E-state index contributed by atoms with van der Waals surface area (Å²) in [4.78, 5) is 27.8. The average Bonchev–Trinajstić information content (AvgIpc) is 2.88. The molecule has 36 heavy (non-hydrogen) atoms. The van der Waals surface area contributed by atoms with Crippen LogP contribution < -0.4 is 20.5 Å². The molecule has 2 aromatic heterocycles. The van der Waals surface area contributed by atoms with Gasteiger partial charge in [-0.2, -0.15) is 0 Å². The van der Waals surface area contributed by atoms with Gasteiger partial charge in [0.1, 0.15) is 29.1 Å². The van der Waals surface area contributed by atoms with Crippen LogP contribution in [0.3, 0.4) is 0 Å². The number of phenolic OH excluding ortho intramolecular Hbond substituents is 1. The number of hydrogen-bond donors (Lipinski definition) is 1. The van der Waals surface area contributed by atoms with Crippen LogP contribution in [-0.4, -0.2) is 34.8 Å². The Morgan fingerprint density at radius 3 is 2.61 bits per heavy atom. The minimum atomic E-state index is -0.308. The van der Waals surface area contributed by atoms with E-state index in [-0.39, 0.29) is 28.4 Å². The summed E-state index contributed by atoms with van der Waals surface area (Å²) in [5.41, 5.74) is 1.74. The molecule has 0 unspecified atom stereocenters. The Hall–Kier alpha value is -4.04. The number of aromatic nitrogens is 1. The van der Waals surface area contributed by atoms with E-state index < -0.39 is 0 Å². The molecule has 2 aliphatic rings. The zero-order valence-electron chi connectivity index (χ0n) is 19.8. The molecule has 2 atom stereocenters. The fraction of sp³-hybridized carbons (Fsp3) is 0.286. The van der Waals surface area contributed by atoms with Crippen LogP contribution in [0.2, 0.25) is 0 Å². The van der Waals surface area contributed by atoms with Gasteiger partial charge in [0.15, 0.2) is 0 Å². The summed E-state index contributed by atoms with van der Waals surface area (Å²) >= 11 is 0. The van der Waals surface area contributed by atoms with E-state index in [9.17, 15) is 14.7 Å². The highest BCUT2D eigenvalue weighted by Crippen LogP contribution is 2.37. The zero-order chi connectivity index (χ0) is 24.8. The number of pyridine rings is 1. The molecule has 1 saturated heterocycles. The lowest BCUT2D eigenvalue weighted by atomic mass is 9.83. The molecule has 6 rings (SSSR count). The van der Waals surface area contributed by atoms with Crippen LogP contribution in [0.5, 0.6) is 23.0 Å². The van der Waals surface area contributed by atoms with Crippen LogP contribution in [0, 0.1) is 5.92 Å². The number of methoxy groups -OCH3 is 1. The van der Waals surface area contributed by atoms with Gasteiger partial charge in [-0.3, -0.25) is 14.5 Å². The normalized spacial score (nSPS) is 19.1. The van der Waals surface area contributed by atoms with E-state index >= 15 is 0 Å². The molecule has 1 N–H and O–H groups in total. The highest BCUT2D eigenvalue weighted by atomic mass is 16.5. The number of piperidine rings is 1. The van der Waals surface area contributed by atoms with Crippen LogP contribution in [0.1, 0.15) is 23.6 Å². The lowest BCUT2D eigenvalue weighted by Crippen LogP contribution is -2.46. The lowest BCUT2D eigenvalue weighted by Gasteiger charge is -2.42. The molecule has 1 fully saturated rings. The maximum atomic E-state index is 13.2. The molecule has 0 saturated carbocycles. The summed E-state index contributed by atoms with van der Waals surface area (Å²) in [6.07, 6.45) is 2.34. The number of fused-ring (bicyclic) bond motifs is 5. The fourth-order valence-electron chi connectivity index (χ4n) is 5.57. The third kappa shape index (κ3) is 3.93. The van der Waals surface area contributed by atoms with Gasteiger partial charge in [-0.25, -0.2) is 0 Å². The molecule has 184 valence electrons. The first-order chi connectivity index (χ1) is 17.5. The van der Waals surface area contributed by atoms with Crippen molar-refractivity contribution in [1.29, 1.82) is 0 Å². The van der Waals surface area contributed by atoms with E-state index in [1.54, 1.807) is 43.5 Å². The van der Waals surface area contributed by atoms with E-state index in [1.807, 2.05) is 16.7 Å². The summed E-state index contributed by atoms with van der Waals surface area (Å²) in [6.45, 7) is 2.70. The van der Waals surface area contributed by atoms with E-state index in [0.717, 1.165) is 25.2 Å². The van der Waals surface area contributed by atoms with Gasteiger partial charge in [0.05, 0.1) is 18.1 Å². The number of hydrogen-bond acceptors (Lipinski definition) is 7. The highest BCUT2D eigenvalue weighted by molar-refractivity contribution is 5.83. The number of phenols is 1. The number of rotatable bonds is 5. The van der Waals surface area contributed by atoms with Crippen molar-refractivity contribution in [3.8, 4) is 23.0 Å². The van der Waals surface area contributed by atoms with Crippen molar-refractivity contribution < 1.29 is 19.0 Å². The quantitative estimate of drug-likeness (QED) is 0.454. The Balaban J connectivity index is 1.29. The first kappa shape index (κ1) is 22.4. The second-order valence-electron chi connectivity index (χ2n) is 9.54. The maximum Gasteiger partial charge on any atom is 0.250 e. The Morgan fingerprint density at radius 2 is 1.81 bits per heavy atom. The van der Waals surface area contributed by atoms with Crippen LogP contribution in [0.25, 0.3) is 11.0 Å². The second-order valence-corrected chi connectivity index (χ2v) is 9.54. The first-order valence-corrected chi connectivity index (χ1v) is 12.0. The first-order valence-electron chi connectivity index (χ1n) is 12.0. The topological polar surface area (TPSA) is 94.1 Å². The van der Waals surface area contributed by atoms with Crippen LogP contribution in [0.15, 0.2) is 74.9 Å². The molecule has 0 radical (unpaired) electrons. The smallest absolute Gasteiger partial charge is 0.250 e. The molecule has 2 bridgehead atoms. The Bertz CT molecular complexity index is 1560. The largest absolute Gasteiger partial charge is 0.507 e. The predicted octanol–water partition coefficient (Wildman–Crippen LogP) is 4.08. The summed E-state index contributed by atoms with van der Waals surface area (Å²) in [5, 5.41) is 11.1. The Kier molecular flexibility index (Phi) is 5.53.